The molecule has 20 heavy (non-hydrogen) atoms. The summed E-state index contributed by atoms with van der Waals surface area (Å²) in [5, 5.41) is 7.65. The number of unbranched alkanes of at least 4 members (excludes halogenated alkanes) is 1. The van der Waals surface area contributed by atoms with Gasteiger partial charge in [0.25, 0.3) is 0 Å². The summed E-state index contributed by atoms with van der Waals surface area (Å²) in [6.45, 7) is 9.34. The Balaban J connectivity index is 2.42. The molecule has 0 fully saturated rings. The molecule has 0 bridgehead atoms. The third-order valence-corrected chi connectivity index (χ3v) is 3.97. The minimum atomic E-state index is 0.101. The van der Waals surface area contributed by atoms with Crippen LogP contribution in [-0.2, 0) is 11.3 Å². The molecule has 2 heterocycles. The molecule has 2 rings (SSSR count). The summed E-state index contributed by atoms with van der Waals surface area (Å²) in [6, 6.07) is 0. The third kappa shape index (κ3) is 2.79. The number of aromatic nitrogens is 2. The zero-order valence-electron chi connectivity index (χ0n) is 13.0. The summed E-state index contributed by atoms with van der Waals surface area (Å²) in [6.07, 6.45) is 5.96. The molecule has 4 heteroatoms. The molecule has 1 aromatic heterocycles. The molecular formula is C16H25N3O. The molecule has 4 nitrogen and oxygen atoms in total. The van der Waals surface area contributed by atoms with Crippen molar-refractivity contribution in [3.8, 4) is 0 Å². The predicted octanol–water partition coefficient (Wildman–Crippen LogP) is 3.77. The highest BCUT2D eigenvalue weighted by Gasteiger charge is 2.31. The summed E-state index contributed by atoms with van der Waals surface area (Å²) >= 11 is 0. The van der Waals surface area contributed by atoms with Crippen molar-refractivity contribution in [2.24, 2.45) is 0 Å². The van der Waals surface area contributed by atoms with Gasteiger partial charge in [0, 0.05) is 24.4 Å². The molecule has 1 N–H and O–H groups in total. The summed E-state index contributed by atoms with van der Waals surface area (Å²) in [5.74, 6) is 1.21. The number of hydrogen-bond acceptors (Lipinski definition) is 2. The van der Waals surface area contributed by atoms with E-state index in [1.54, 1.807) is 0 Å². The van der Waals surface area contributed by atoms with Crippen molar-refractivity contribution in [3.05, 3.63) is 22.9 Å². The van der Waals surface area contributed by atoms with E-state index in [0.29, 0.717) is 6.42 Å². The van der Waals surface area contributed by atoms with Crippen LogP contribution in [0.1, 0.15) is 63.6 Å². The molecule has 1 aliphatic heterocycles. The van der Waals surface area contributed by atoms with Crippen molar-refractivity contribution in [3.63, 3.8) is 0 Å². The van der Waals surface area contributed by atoms with Gasteiger partial charge in [0.1, 0.15) is 5.82 Å². The molecule has 1 amide bonds. The van der Waals surface area contributed by atoms with E-state index in [9.17, 15) is 4.79 Å². The van der Waals surface area contributed by atoms with Gasteiger partial charge < -0.3 is 5.32 Å². The van der Waals surface area contributed by atoms with Gasteiger partial charge in [-0.15, -0.1) is 0 Å². The zero-order valence-corrected chi connectivity index (χ0v) is 13.0. The van der Waals surface area contributed by atoms with E-state index in [0.717, 1.165) is 37.3 Å². The van der Waals surface area contributed by atoms with E-state index in [1.165, 1.54) is 11.1 Å². The highest BCUT2D eigenvalue weighted by molar-refractivity contribution is 5.94. The number of aryl methyl sites for hydroxylation is 2. The minimum Gasteiger partial charge on any atom is -0.311 e. The maximum atomic E-state index is 12.0. The van der Waals surface area contributed by atoms with Gasteiger partial charge in [0.05, 0.1) is 5.69 Å². The maximum absolute atomic E-state index is 12.0. The van der Waals surface area contributed by atoms with Crippen LogP contribution in [0.3, 0.4) is 0 Å². The Morgan fingerprint density at radius 3 is 2.90 bits per heavy atom. The lowest BCUT2D eigenvalue weighted by atomic mass is 9.86. The van der Waals surface area contributed by atoms with Gasteiger partial charge in [-0.2, -0.15) is 5.10 Å². The largest absolute Gasteiger partial charge is 0.311 e. The van der Waals surface area contributed by atoms with Crippen LogP contribution in [0.15, 0.2) is 11.6 Å². The van der Waals surface area contributed by atoms with Crippen molar-refractivity contribution >= 4 is 11.7 Å². The van der Waals surface area contributed by atoms with Crippen LogP contribution in [0.25, 0.3) is 0 Å². The van der Waals surface area contributed by atoms with Gasteiger partial charge in [-0.25, -0.2) is 4.68 Å². The number of carbonyl (C=O) groups is 1. The lowest BCUT2D eigenvalue weighted by Crippen LogP contribution is -2.25. The Labute approximate surface area is 121 Å². The SMILES string of the molecule is CC/C=C(\C)[C@@H]1CC(=O)Nc2c1c(C)nn2CCCC. The molecule has 1 aromatic rings. The lowest BCUT2D eigenvalue weighted by molar-refractivity contribution is -0.116. The number of nitrogens with one attached hydrogen (secondary N) is 1. The minimum absolute atomic E-state index is 0.101. The van der Waals surface area contributed by atoms with Crippen LogP contribution < -0.4 is 5.32 Å². The number of allylic oxidation sites excluding steroid dienone is 2. The van der Waals surface area contributed by atoms with Gasteiger partial charge in [0.2, 0.25) is 5.91 Å². The monoisotopic (exact) mass is 275 g/mol. The Morgan fingerprint density at radius 2 is 2.25 bits per heavy atom. The third-order valence-electron chi connectivity index (χ3n) is 3.97. The number of carbonyl (C=O) groups excluding carboxylic acids is 1. The van der Waals surface area contributed by atoms with Crippen LogP contribution in [0.2, 0.25) is 0 Å². The standard InChI is InChI=1S/C16H25N3O/c1-5-7-9-19-16-15(12(4)18-19)13(10-14(20)17-16)11(3)8-6-2/h8,13H,5-7,9-10H2,1-4H3,(H,17,20)/b11-8+/t13-/m0/s1. The Kier molecular flexibility index (Phi) is 4.63. The van der Waals surface area contributed by atoms with Crippen molar-refractivity contribution in [1.29, 1.82) is 0 Å². The fourth-order valence-corrected chi connectivity index (χ4v) is 2.94. The van der Waals surface area contributed by atoms with Crippen LogP contribution >= 0.6 is 0 Å². The fourth-order valence-electron chi connectivity index (χ4n) is 2.94. The molecule has 0 unspecified atom stereocenters. The average Bonchev–Trinajstić information content (AvgIpc) is 2.72. The van der Waals surface area contributed by atoms with Gasteiger partial charge in [-0.1, -0.05) is 31.9 Å². The van der Waals surface area contributed by atoms with E-state index < -0.39 is 0 Å². The Morgan fingerprint density at radius 1 is 1.50 bits per heavy atom. The van der Waals surface area contributed by atoms with Crippen LogP contribution in [0.5, 0.6) is 0 Å². The van der Waals surface area contributed by atoms with Crippen molar-refractivity contribution in [1.82, 2.24) is 9.78 Å². The molecule has 0 aromatic carbocycles. The van der Waals surface area contributed by atoms with E-state index >= 15 is 0 Å². The van der Waals surface area contributed by atoms with Gasteiger partial charge >= 0.3 is 0 Å². The quantitative estimate of drug-likeness (QED) is 0.831. The number of rotatable bonds is 5. The van der Waals surface area contributed by atoms with Crippen molar-refractivity contribution in [2.45, 2.75) is 65.8 Å². The molecule has 1 aliphatic rings. The van der Waals surface area contributed by atoms with Gasteiger partial charge in [0.15, 0.2) is 0 Å². The summed E-state index contributed by atoms with van der Waals surface area (Å²) in [5.41, 5.74) is 3.54. The first-order valence-corrected chi connectivity index (χ1v) is 7.62. The van der Waals surface area contributed by atoms with E-state index in [2.05, 4.69) is 37.3 Å². The number of fused-ring (bicyclic) bond motifs is 1. The fraction of sp³-hybridized carbons (Fsp3) is 0.625. The van der Waals surface area contributed by atoms with Crippen molar-refractivity contribution in [2.75, 3.05) is 5.32 Å². The first-order chi connectivity index (χ1) is 9.58. The topological polar surface area (TPSA) is 46.9 Å². The normalized spacial score (nSPS) is 18.9. The molecule has 0 saturated carbocycles. The average molecular weight is 275 g/mol. The second-order valence-electron chi connectivity index (χ2n) is 5.59. The molecule has 0 aliphatic carbocycles. The smallest absolute Gasteiger partial charge is 0.226 e. The van der Waals surface area contributed by atoms with E-state index in [4.69, 9.17) is 0 Å². The van der Waals surface area contributed by atoms with Gasteiger partial charge in [-0.3, -0.25) is 4.79 Å². The molecular weight excluding hydrogens is 250 g/mol. The highest BCUT2D eigenvalue weighted by atomic mass is 16.1. The zero-order chi connectivity index (χ0) is 14.7. The molecule has 110 valence electrons. The summed E-state index contributed by atoms with van der Waals surface area (Å²) < 4.78 is 1.97. The molecule has 0 saturated heterocycles. The second-order valence-corrected chi connectivity index (χ2v) is 5.59. The first kappa shape index (κ1) is 14.8. The Hall–Kier alpha value is -1.58. The van der Waals surface area contributed by atoms with E-state index in [-0.39, 0.29) is 11.8 Å². The van der Waals surface area contributed by atoms with Crippen LogP contribution in [-0.4, -0.2) is 15.7 Å². The van der Waals surface area contributed by atoms with Crippen LogP contribution in [0, 0.1) is 6.92 Å². The number of hydrogen-bond donors (Lipinski definition) is 1. The highest BCUT2D eigenvalue weighted by Crippen LogP contribution is 2.39. The molecule has 0 spiro atoms. The second kappa shape index (κ2) is 6.25. The first-order valence-electron chi connectivity index (χ1n) is 7.62. The summed E-state index contributed by atoms with van der Waals surface area (Å²) in [7, 11) is 0. The molecule has 1 atom stereocenters. The maximum Gasteiger partial charge on any atom is 0.226 e. The number of nitrogens with zero attached hydrogens (tertiary/aromatic N) is 2. The number of anilines is 1. The lowest BCUT2D eigenvalue weighted by Gasteiger charge is -2.25. The van der Waals surface area contributed by atoms with E-state index in [1.807, 2.05) is 11.6 Å². The predicted molar refractivity (Wildman–Crippen MR) is 81.9 cm³/mol. The number of amides is 1. The van der Waals surface area contributed by atoms with Crippen molar-refractivity contribution < 1.29 is 4.79 Å². The van der Waals surface area contributed by atoms with Gasteiger partial charge in [-0.05, 0) is 26.7 Å². The molecule has 0 radical (unpaired) electrons. The summed E-state index contributed by atoms with van der Waals surface area (Å²) in [4.78, 5) is 12.0. The van der Waals surface area contributed by atoms with Crippen LogP contribution in [0.4, 0.5) is 5.82 Å². The Bertz CT molecular complexity index is 528.